The molecule has 2 aliphatic carbocycles. The summed E-state index contributed by atoms with van der Waals surface area (Å²) >= 11 is 0. The highest BCUT2D eigenvalue weighted by atomic mass is 16.5. The summed E-state index contributed by atoms with van der Waals surface area (Å²) in [7, 11) is 1.54. The van der Waals surface area contributed by atoms with Crippen molar-refractivity contribution in [1.82, 2.24) is 15.0 Å². The van der Waals surface area contributed by atoms with Crippen molar-refractivity contribution in [2.75, 3.05) is 24.3 Å². The molecule has 0 amide bonds. The van der Waals surface area contributed by atoms with E-state index >= 15 is 0 Å². The lowest BCUT2D eigenvalue weighted by atomic mass is 10.3. The molecule has 2 fully saturated rings. The van der Waals surface area contributed by atoms with Crippen LogP contribution in [0, 0.1) is 5.92 Å². The smallest absolute Gasteiger partial charge is 0.322 e. The SMILES string of the molecule is COc1nc(N)nc(N(CC2CC2)C2CC2)n1. The molecule has 3 rings (SSSR count). The molecule has 1 aromatic rings. The first kappa shape index (κ1) is 10.6. The van der Waals surface area contributed by atoms with Crippen LogP contribution in [0.5, 0.6) is 6.01 Å². The fraction of sp³-hybridized carbons (Fsp3) is 0.727. The van der Waals surface area contributed by atoms with E-state index in [4.69, 9.17) is 10.5 Å². The minimum absolute atomic E-state index is 0.230. The molecule has 0 atom stereocenters. The molecule has 6 heteroatoms. The molecule has 0 bridgehead atoms. The molecule has 2 aliphatic rings. The Kier molecular flexibility index (Phi) is 2.49. The van der Waals surface area contributed by atoms with Crippen LogP contribution in [-0.2, 0) is 0 Å². The average molecular weight is 235 g/mol. The predicted molar refractivity (Wildman–Crippen MR) is 63.9 cm³/mol. The van der Waals surface area contributed by atoms with Crippen molar-refractivity contribution in [3.05, 3.63) is 0 Å². The van der Waals surface area contributed by atoms with Crippen LogP contribution in [0.3, 0.4) is 0 Å². The topological polar surface area (TPSA) is 77.2 Å². The molecule has 0 unspecified atom stereocenters. The van der Waals surface area contributed by atoms with Crippen molar-refractivity contribution in [2.24, 2.45) is 5.92 Å². The maximum absolute atomic E-state index is 5.67. The first-order valence-electron chi connectivity index (χ1n) is 6.08. The molecule has 17 heavy (non-hydrogen) atoms. The molecule has 1 heterocycles. The number of methoxy groups -OCH3 is 1. The van der Waals surface area contributed by atoms with Crippen LogP contribution in [0.2, 0.25) is 0 Å². The molecule has 0 saturated heterocycles. The second kappa shape index (κ2) is 4.01. The van der Waals surface area contributed by atoms with Gasteiger partial charge in [0.1, 0.15) is 0 Å². The van der Waals surface area contributed by atoms with E-state index in [1.54, 1.807) is 7.11 Å². The number of anilines is 2. The van der Waals surface area contributed by atoms with Gasteiger partial charge < -0.3 is 15.4 Å². The van der Waals surface area contributed by atoms with Crippen molar-refractivity contribution < 1.29 is 4.74 Å². The van der Waals surface area contributed by atoms with Gasteiger partial charge in [0, 0.05) is 12.6 Å². The molecular formula is C11H17N5O. The number of hydrogen-bond donors (Lipinski definition) is 1. The molecule has 0 spiro atoms. The van der Waals surface area contributed by atoms with Gasteiger partial charge in [0.2, 0.25) is 11.9 Å². The first-order valence-corrected chi connectivity index (χ1v) is 6.08. The summed E-state index contributed by atoms with van der Waals surface area (Å²) < 4.78 is 5.04. The van der Waals surface area contributed by atoms with Crippen LogP contribution in [0.1, 0.15) is 25.7 Å². The number of rotatable bonds is 5. The monoisotopic (exact) mass is 235 g/mol. The summed E-state index contributed by atoms with van der Waals surface area (Å²) in [5.74, 6) is 1.71. The Morgan fingerprint density at radius 2 is 2.00 bits per heavy atom. The molecule has 0 aliphatic heterocycles. The van der Waals surface area contributed by atoms with Crippen LogP contribution >= 0.6 is 0 Å². The van der Waals surface area contributed by atoms with Crippen LogP contribution in [0.25, 0.3) is 0 Å². The normalized spacial score (nSPS) is 19.1. The Balaban J connectivity index is 1.85. The molecule has 92 valence electrons. The molecule has 6 nitrogen and oxygen atoms in total. The van der Waals surface area contributed by atoms with Crippen LogP contribution in [0.15, 0.2) is 0 Å². The van der Waals surface area contributed by atoms with Crippen molar-refractivity contribution in [1.29, 1.82) is 0 Å². The summed E-state index contributed by atoms with van der Waals surface area (Å²) in [5, 5.41) is 0. The largest absolute Gasteiger partial charge is 0.467 e. The van der Waals surface area contributed by atoms with E-state index < -0.39 is 0 Å². The average Bonchev–Trinajstić information content (AvgIpc) is 3.16. The highest BCUT2D eigenvalue weighted by Crippen LogP contribution is 2.36. The fourth-order valence-corrected chi connectivity index (χ4v) is 1.94. The molecule has 0 radical (unpaired) electrons. The van der Waals surface area contributed by atoms with Gasteiger partial charge in [-0.1, -0.05) is 0 Å². The highest BCUT2D eigenvalue weighted by Gasteiger charge is 2.35. The van der Waals surface area contributed by atoms with Crippen molar-refractivity contribution in [3.63, 3.8) is 0 Å². The van der Waals surface area contributed by atoms with Crippen LogP contribution < -0.4 is 15.4 Å². The molecular weight excluding hydrogens is 218 g/mol. The minimum Gasteiger partial charge on any atom is -0.467 e. The highest BCUT2D eigenvalue weighted by molar-refractivity contribution is 5.39. The summed E-state index contributed by atoms with van der Waals surface area (Å²) in [6.07, 6.45) is 5.09. The number of nitrogen functional groups attached to an aromatic ring is 1. The van der Waals surface area contributed by atoms with Gasteiger partial charge in [-0.3, -0.25) is 0 Å². The van der Waals surface area contributed by atoms with Gasteiger partial charge in [-0.15, -0.1) is 0 Å². The summed E-state index contributed by atoms with van der Waals surface area (Å²) in [5.41, 5.74) is 5.67. The number of ether oxygens (including phenoxy) is 1. The first-order chi connectivity index (χ1) is 8.26. The molecule has 2 saturated carbocycles. The van der Waals surface area contributed by atoms with Crippen molar-refractivity contribution in [3.8, 4) is 6.01 Å². The Bertz CT molecular complexity index is 416. The third-order valence-corrected chi connectivity index (χ3v) is 3.20. The third-order valence-electron chi connectivity index (χ3n) is 3.20. The van der Waals surface area contributed by atoms with Gasteiger partial charge in [0.25, 0.3) is 0 Å². The van der Waals surface area contributed by atoms with Gasteiger partial charge in [0.05, 0.1) is 7.11 Å². The second-order valence-electron chi connectivity index (χ2n) is 4.81. The van der Waals surface area contributed by atoms with E-state index in [0.717, 1.165) is 12.5 Å². The lowest BCUT2D eigenvalue weighted by Gasteiger charge is -2.22. The maximum Gasteiger partial charge on any atom is 0.322 e. The van der Waals surface area contributed by atoms with E-state index in [1.807, 2.05) is 0 Å². The van der Waals surface area contributed by atoms with E-state index in [2.05, 4.69) is 19.9 Å². The summed E-state index contributed by atoms with van der Waals surface area (Å²) in [6.45, 7) is 1.04. The lowest BCUT2D eigenvalue weighted by Crippen LogP contribution is -2.30. The van der Waals surface area contributed by atoms with Gasteiger partial charge in [-0.2, -0.15) is 15.0 Å². The number of nitrogens with two attached hydrogens (primary N) is 1. The van der Waals surface area contributed by atoms with Gasteiger partial charge in [0.15, 0.2) is 0 Å². The quantitative estimate of drug-likeness (QED) is 0.815. The summed E-state index contributed by atoms with van der Waals surface area (Å²) in [6, 6.07) is 0.885. The van der Waals surface area contributed by atoms with E-state index in [0.29, 0.717) is 18.0 Å². The third kappa shape index (κ3) is 2.40. The zero-order valence-electron chi connectivity index (χ0n) is 9.96. The van der Waals surface area contributed by atoms with Crippen molar-refractivity contribution >= 4 is 11.9 Å². The van der Waals surface area contributed by atoms with Crippen LogP contribution in [-0.4, -0.2) is 34.6 Å². The lowest BCUT2D eigenvalue weighted by molar-refractivity contribution is 0.378. The number of nitrogens with zero attached hydrogens (tertiary/aromatic N) is 4. The zero-order chi connectivity index (χ0) is 11.8. The number of aromatic nitrogens is 3. The predicted octanol–water partition coefficient (Wildman–Crippen LogP) is 0.841. The summed E-state index contributed by atoms with van der Waals surface area (Å²) in [4.78, 5) is 14.7. The Morgan fingerprint density at radius 3 is 2.59 bits per heavy atom. The second-order valence-corrected chi connectivity index (χ2v) is 4.81. The molecule has 2 N–H and O–H groups in total. The fourth-order valence-electron chi connectivity index (χ4n) is 1.94. The molecule has 0 aromatic carbocycles. The molecule has 1 aromatic heterocycles. The Labute approximate surface area is 100 Å². The Hall–Kier alpha value is -1.59. The number of hydrogen-bond acceptors (Lipinski definition) is 6. The maximum atomic E-state index is 5.67. The van der Waals surface area contributed by atoms with E-state index in [-0.39, 0.29) is 5.95 Å². The minimum atomic E-state index is 0.230. The van der Waals surface area contributed by atoms with Gasteiger partial charge >= 0.3 is 6.01 Å². The van der Waals surface area contributed by atoms with Crippen LogP contribution in [0.4, 0.5) is 11.9 Å². The zero-order valence-corrected chi connectivity index (χ0v) is 9.96. The van der Waals surface area contributed by atoms with Crippen molar-refractivity contribution in [2.45, 2.75) is 31.7 Å². The van der Waals surface area contributed by atoms with E-state index in [1.165, 1.54) is 25.7 Å². The van der Waals surface area contributed by atoms with E-state index in [9.17, 15) is 0 Å². The standard InChI is InChI=1S/C11H17N5O/c1-17-11-14-9(12)13-10(15-11)16(8-4-5-8)6-7-2-3-7/h7-8H,2-6H2,1H3,(H2,12,13,14,15). The Morgan fingerprint density at radius 1 is 1.24 bits per heavy atom. The van der Waals surface area contributed by atoms with Gasteiger partial charge in [-0.05, 0) is 31.6 Å². The van der Waals surface area contributed by atoms with Gasteiger partial charge in [-0.25, -0.2) is 0 Å².